The monoisotopic (exact) mass is 304 g/mol. The number of rotatable bonds is 7. The van der Waals surface area contributed by atoms with Crippen LogP contribution in [0.15, 0.2) is 18.2 Å². The topological polar surface area (TPSA) is 0 Å². The third-order valence-electron chi connectivity index (χ3n) is 2.83. The summed E-state index contributed by atoms with van der Waals surface area (Å²) in [6.07, 6.45) is 6.52. The van der Waals surface area contributed by atoms with E-state index in [4.69, 9.17) is 0 Å². The second-order valence-electron chi connectivity index (χ2n) is 4.39. The van der Waals surface area contributed by atoms with Gasteiger partial charge in [-0.3, -0.25) is 0 Å². The molecule has 0 aliphatic carbocycles. The molecule has 1 atom stereocenters. The first-order chi connectivity index (χ1) is 8.13. The van der Waals surface area contributed by atoms with Crippen molar-refractivity contribution in [3.8, 4) is 0 Å². The summed E-state index contributed by atoms with van der Waals surface area (Å²) < 4.78 is 26.1. The summed E-state index contributed by atoms with van der Waals surface area (Å²) in [6.45, 7) is 2.18. The van der Waals surface area contributed by atoms with Gasteiger partial charge in [0.1, 0.15) is 11.6 Å². The highest BCUT2D eigenvalue weighted by molar-refractivity contribution is 9.09. The van der Waals surface area contributed by atoms with Crippen molar-refractivity contribution in [2.24, 2.45) is 0 Å². The quantitative estimate of drug-likeness (QED) is 0.477. The minimum Gasteiger partial charge on any atom is -0.207 e. The van der Waals surface area contributed by atoms with Crippen LogP contribution in [0.3, 0.4) is 0 Å². The number of hydrogen-bond acceptors (Lipinski definition) is 0. The molecule has 3 heteroatoms. The molecule has 0 N–H and O–H groups in total. The molecule has 0 aliphatic rings. The Morgan fingerprint density at radius 3 is 2.59 bits per heavy atom. The minimum atomic E-state index is -0.514. The molecule has 0 aromatic heterocycles. The van der Waals surface area contributed by atoms with Crippen molar-refractivity contribution in [2.75, 3.05) is 0 Å². The highest BCUT2D eigenvalue weighted by Gasteiger charge is 2.09. The Morgan fingerprint density at radius 2 is 1.94 bits per heavy atom. The maximum absolute atomic E-state index is 13.4. The molecule has 1 rings (SSSR count). The first-order valence-electron chi connectivity index (χ1n) is 6.21. The zero-order valence-electron chi connectivity index (χ0n) is 10.2. The van der Waals surface area contributed by atoms with E-state index < -0.39 is 11.6 Å². The highest BCUT2D eigenvalue weighted by atomic mass is 79.9. The van der Waals surface area contributed by atoms with Gasteiger partial charge in [-0.05, 0) is 24.5 Å². The summed E-state index contributed by atoms with van der Waals surface area (Å²) in [5, 5.41) is 0. The maximum atomic E-state index is 13.4. The standard InChI is InChI=1S/C14H19BrF2/c1-2-3-4-5-6-12(15)9-11-7-8-13(16)10-14(11)17/h7-8,10,12H,2-6,9H2,1H3. The van der Waals surface area contributed by atoms with Crippen LogP contribution < -0.4 is 0 Å². The summed E-state index contributed by atoms with van der Waals surface area (Å²) >= 11 is 3.56. The number of halogens is 3. The molecule has 96 valence electrons. The molecule has 0 bridgehead atoms. The van der Waals surface area contributed by atoms with Crippen molar-refractivity contribution < 1.29 is 8.78 Å². The van der Waals surface area contributed by atoms with E-state index in [1.165, 1.54) is 31.4 Å². The van der Waals surface area contributed by atoms with Crippen molar-refractivity contribution in [2.45, 2.75) is 50.3 Å². The third-order valence-corrected chi connectivity index (χ3v) is 3.61. The Kier molecular flexibility index (Phi) is 6.71. The molecular weight excluding hydrogens is 286 g/mol. The summed E-state index contributed by atoms with van der Waals surface area (Å²) in [5.41, 5.74) is 0.587. The van der Waals surface area contributed by atoms with Crippen LogP contribution in [0.1, 0.15) is 44.6 Å². The number of hydrogen-bond donors (Lipinski definition) is 0. The van der Waals surface area contributed by atoms with E-state index in [9.17, 15) is 8.78 Å². The Hall–Kier alpha value is -0.440. The second-order valence-corrected chi connectivity index (χ2v) is 5.68. The molecule has 0 heterocycles. The van der Waals surface area contributed by atoms with Crippen LogP contribution in [-0.2, 0) is 6.42 Å². The summed E-state index contributed by atoms with van der Waals surface area (Å²) in [7, 11) is 0. The van der Waals surface area contributed by atoms with Gasteiger partial charge in [-0.1, -0.05) is 54.6 Å². The van der Waals surface area contributed by atoms with Gasteiger partial charge in [0, 0.05) is 10.9 Å². The number of unbranched alkanes of at least 4 members (excludes halogenated alkanes) is 3. The van der Waals surface area contributed by atoms with Gasteiger partial charge in [0.2, 0.25) is 0 Å². The van der Waals surface area contributed by atoms with E-state index in [-0.39, 0.29) is 4.83 Å². The van der Waals surface area contributed by atoms with E-state index in [0.29, 0.717) is 12.0 Å². The van der Waals surface area contributed by atoms with Gasteiger partial charge in [0.05, 0.1) is 0 Å². The van der Waals surface area contributed by atoms with Crippen LogP contribution >= 0.6 is 15.9 Å². The summed E-state index contributed by atoms with van der Waals surface area (Å²) in [5.74, 6) is -0.955. The van der Waals surface area contributed by atoms with Crippen LogP contribution in [0.25, 0.3) is 0 Å². The predicted octanol–water partition coefficient (Wildman–Crippen LogP) is 5.24. The zero-order chi connectivity index (χ0) is 12.7. The first kappa shape index (κ1) is 14.6. The lowest BCUT2D eigenvalue weighted by Crippen LogP contribution is -2.04. The van der Waals surface area contributed by atoms with Gasteiger partial charge in [0.25, 0.3) is 0 Å². The third kappa shape index (κ3) is 5.62. The predicted molar refractivity (Wildman–Crippen MR) is 71.5 cm³/mol. The molecule has 0 aliphatic heterocycles. The van der Waals surface area contributed by atoms with Gasteiger partial charge in [-0.2, -0.15) is 0 Å². The Bertz CT molecular complexity index is 339. The molecular formula is C14H19BrF2. The average Bonchev–Trinajstić information content (AvgIpc) is 2.28. The summed E-state index contributed by atoms with van der Waals surface area (Å²) in [4.78, 5) is 0.277. The zero-order valence-corrected chi connectivity index (χ0v) is 11.8. The van der Waals surface area contributed by atoms with Crippen molar-refractivity contribution in [1.82, 2.24) is 0 Å². The minimum absolute atomic E-state index is 0.277. The first-order valence-corrected chi connectivity index (χ1v) is 7.13. The fourth-order valence-electron chi connectivity index (χ4n) is 1.82. The molecule has 0 radical (unpaired) electrons. The largest absolute Gasteiger partial charge is 0.207 e. The van der Waals surface area contributed by atoms with Crippen molar-refractivity contribution in [3.63, 3.8) is 0 Å². The number of benzene rings is 1. The molecule has 0 saturated heterocycles. The Labute approximate surface area is 111 Å². The van der Waals surface area contributed by atoms with Crippen LogP contribution in [0.4, 0.5) is 8.78 Å². The van der Waals surface area contributed by atoms with Crippen LogP contribution in [0, 0.1) is 11.6 Å². The SMILES string of the molecule is CCCCCCC(Br)Cc1ccc(F)cc1F. The molecule has 0 spiro atoms. The van der Waals surface area contributed by atoms with E-state index in [1.54, 1.807) is 0 Å². The number of alkyl halides is 1. The van der Waals surface area contributed by atoms with Gasteiger partial charge >= 0.3 is 0 Å². The molecule has 0 amide bonds. The van der Waals surface area contributed by atoms with E-state index >= 15 is 0 Å². The van der Waals surface area contributed by atoms with Crippen molar-refractivity contribution in [1.29, 1.82) is 0 Å². The van der Waals surface area contributed by atoms with Gasteiger partial charge in [-0.15, -0.1) is 0 Å². The molecule has 1 aromatic carbocycles. The summed E-state index contributed by atoms with van der Waals surface area (Å²) in [6, 6.07) is 3.80. The smallest absolute Gasteiger partial charge is 0.129 e. The highest BCUT2D eigenvalue weighted by Crippen LogP contribution is 2.19. The van der Waals surface area contributed by atoms with Gasteiger partial charge < -0.3 is 0 Å². The average molecular weight is 305 g/mol. The van der Waals surface area contributed by atoms with E-state index in [1.807, 2.05) is 0 Å². The molecule has 0 fully saturated rings. The Morgan fingerprint density at radius 1 is 1.18 bits per heavy atom. The fourth-order valence-corrected chi connectivity index (χ4v) is 2.49. The van der Waals surface area contributed by atoms with Crippen molar-refractivity contribution in [3.05, 3.63) is 35.4 Å². The lowest BCUT2D eigenvalue weighted by Gasteiger charge is -2.10. The van der Waals surface area contributed by atoms with Gasteiger partial charge in [0.15, 0.2) is 0 Å². The molecule has 1 aromatic rings. The molecule has 0 nitrogen and oxygen atoms in total. The Balaban J connectivity index is 2.37. The molecule has 0 saturated carbocycles. The van der Waals surface area contributed by atoms with Crippen LogP contribution in [0.2, 0.25) is 0 Å². The molecule has 1 unspecified atom stereocenters. The fraction of sp³-hybridized carbons (Fsp3) is 0.571. The lowest BCUT2D eigenvalue weighted by molar-refractivity contribution is 0.564. The van der Waals surface area contributed by atoms with E-state index in [0.717, 1.165) is 18.9 Å². The van der Waals surface area contributed by atoms with Crippen LogP contribution in [0.5, 0.6) is 0 Å². The van der Waals surface area contributed by atoms with Gasteiger partial charge in [-0.25, -0.2) is 8.78 Å². The maximum Gasteiger partial charge on any atom is 0.129 e. The molecule has 17 heavy (non-hydrogen) atoms. The van der Waals surface area contributed by atoms with E-state index in [2.05, 4.69) is 22.9 Å². The normalized spacial score (nSPS) is 12.7. The lowest BCUT2D eigenvalue weighted by atomic mass is 10.0. The second kappa shape index (κ2) is 7.80. The van der Waals surface area contributed by atoms with Crippen molar-refractivity contribution >= 4 is 15.9 Å². The van der Waals surface area contributed by atoms with Crippen LogP contribution in [-0.4, -0.2) is 4.83 Å².